The Bertz CT molecular complexity index is 525. The first-order chi connectivity index (χ1) is 8.28. The Kier molecular flexibility index (Phi) is 2.39. The number of nitrogen functional groups attached to an aromatic ring is 1. The van der Waals surface area contributed by atoms with Crippen molar-refractivity contribution in [2.75, 3.05) is 5.73 Å². The van der Waals surface area contributed by atoms with Crippen LogP contribution in [0.15, 0.2) is 24.3 Å². The van der Waals surface area contributed by atoms with E-state index in [2.05, 4.69) is 11.9 Å². The zero-order valence-electron chi connectivity index (χ0n) is 10.0. The maximum absolute atomic E-state index is 5.69. The van der Waals surface area contributed by atoms with Crippen LogP contribution in [-0.4, -0.2) is 9.97 Å². The number of benzene rings is 1. The minimum absolute atomic E-state index is 0.642. The zero-order valence-corrected chi connectivity index (χ0v) is 10.0. The highest BCUT2D eigenvalue weighted by Gasteiger charge is 2.25. The van der Waals surface area contributed by atoms with Crippen LogP contribution in [0, 0.1) is 0 Å². The van der Waals surface area contributed by atoms with E-state index in [0.29, 0.717) is 5.92 Å². The Morgan fingerprint density at radius 2 is 2.12 bits per heavy atom. The van der Waals surface area contributed by atoms with Crippen molar-refractivity contribution in [1.82, 2.24) is 9.97 Å². The maximum Gasteiger partial charge on any atom is 0.137 e. The lowest BCUT2D eigenvalue weighted by Gasteiger charge is -2.03. The molecule has 1 aromatic heterocycles. The smallest absolute Gasteiger partial charge is 0.137 e. The van der Waals surface area contributed by atoms with Crippen LogP contribution in [0.25, 0.3) is 11.4 Å². The molecule has 2 aromatic rings. The number of nitrogens with one attached hydrogen (secondary N) is 1. The van der Waals surface area contributed by atoms with Gasteiger partial charge in [0, 0.05) is 22.9 Å². The third-order valence-electron chi connectivity index (χ3n) is 3.62. The molecule has 1 aliphatic rings. The van der Waals surface area contributed by atoms with Crippen molar-refractivity contribution < 1.29 is 0 Å². The minimum atomic E-state index is 0.642. The van der Waals surface area contributed by atoms with Crippen LogP contribution in [0.1, 0.15) is 37.1 Å². The number of hydrogen-bond acceptors (Lipinski definition) is 2. The van der Waals surface area contributed by atoms with Crippen LogP contribution in [0.3, 0.4) is 0 Å². The highest BCUT2D eigenvalue weighted by Crippen LogP contribution is 2.35. The predicted molar refractivity (Wildman–Crippen MR) is 69.8 cm³/mol. The van der Waals surface area contributed by atoms with Crippen molar-refractivity contribution in [3.8, 4) is 11.4 Å². The topological polar surface area (TPSA) is 54.7 Å². The van der Waals surface area contributed by atoms with Crippen LogP contribution in [-0.2, 0) is 6.42 Å². The lowest BCUT2D eigenvalue weighted by molar-refractivity contribution is 0.641. The van der Waals surface area contributed by atoms with Crippen LogP contribution >= 0.6 is 0 Å². The van der Waals surface area contributed by atoms with Crippen LogP contribution in [0.4, 0.5) is 5.69 Å². The second-order valence-corrected chi connectivity index (χ2v) is 4.72. The molecule has 0 spiro atoms. The Hall–Kier alpha value is -1.77. The summed E-state index contributed by atoms with van der Waals surface area (Å²) in [6.07, 6.45) is 3.56. The molecule has 3 heteroatoms. The summed E-state index contributed by atoms with van der Waals surface area (Å²) in [6.45, 7) is 2.23. The highest BCUT2D eigenvalue weighted by atomic mass is 15.0. The molecule has 0 amide bonds. The molecule has 3 rings (SSSR count). The molecule has 0 fully saturated rings. The van der Waals surface area contributed by atoms with E-state index >= 15 is 0 Å². The maximum atomic E-state index is 5.69. The molecule has 0 radical (unpaired) electrons. The van der Waals surface area contributed by atoms with E-state index < -0.39 is 0 Å². The lowest BCUT2D eigenvalue weighted by atomic mass is 10.1. The number of hydrogen-bond donors (Lipinski definition) is 2. The van der Waals surface area contributed by atoms with E-state index in [4.69, 9.17) is 10.7 Å². The van der Waals surface area contributed by atoms with Gasteiger partial charge in [0.1, 0.15) is 5.82 Å². The molecule has 88 valence electrons. The monoisotopic (exact) mass is 227 g/mol. The Labute approximate surface area is 101 Å². The number of aryl methyl sites for hydroxylation is 1. The van der Waals surface area contributed by atoms with E-state index in [1.807, 2.05) is 24.3 Å². The summed E-state index contributed by atoms with van der Waals surface area (Å²) in [5.41, 5.74) is 10.2. The van der Waals surface area contributed by atoms with E-state index in [-0.39, 0.29) is 0 Å². The Morgan fingerprint density at radius 1 is 1.35 bits per heavy atom. The van der Waals surface area contributed by atoms with Gasteiger partial charge in [0.05, 0.1) is 5.69 Å². The van der Waals surface area contributed by atoms with Crippen molar-refractivity contribution in [2.45, 2.75) is 32.1 Å². The lowest BCUT2D eigenvalue weighted by Crippen LogP contribution is -1.92. The molecule has 3 N–H and O–H groups in total. The van der Waals surface area contributed by atoms with Crippen molar-refractivity contribution >= 4 is 5.69 Å². The van der Waals surface area contributed by atoms with Gasteiger partial charge in [-0.25, -0.2) is 4.98 Å². The molecule has 1 heterocycles. The van der Waals surface area contributed by atoms with E-state index in [0.717, 1.165) is 23.5 Å². The minimum Gasteiger partial charge on any atom is -0.399 e. The molecule has 0 saturated heterocycles. The molecule has 1 aromatic carbocycles. The second kappa shape index (κ2) is 3.91. The number of fused-ring (bicyclic) bond motifs is 1. The summed E-state index contributed by atoms with van der Waals surface area (Å²) in [5.74, 6) is 1.62. The van der Waals surface area contributed by atoms with Gasteiger partial charge >= 0.3 is 0 Å². The summed E-state index contributed by atoms with van der Waals surface area (Å²) < 4.78 is 0. The molecule has 0 bridgehead atoms. The normalized spacial score (nSPS) is 18.3. The van der Waals surface area contributed by atoms with Crippen LogP contribution < -0.4 is 5.73 Å². The average Bonchev–Trinajstić information content (AvgIpc) is 2.89. The predicted octanol–water partition coefficient (Wildman–Crippen LogP) is 3.10. The van der Waals surface area contributed by atoms with Crippen LogP contribution in [0.5, 0.6) is 0 Å². The molecule has 3 nitrogen and oxygen atoms in total. The summed E-state index contributed by atoms with van der Waals surface area (Å²) in [4.78, 5) is 8.19. The number of anilines is 1. The number of rotatable bonds is 2. The third-order valence-corrected chi connectivity index (χ3v) is 3.62. The quantitative estimate of drug-likeness (QED) is 0.774. The molecule has 0 saturated carbocycles. The standard InChI is InChI=1S/C14H17N3/c1-2-9-5-8-12-13(9)17-14(16-12)10-3-6-11(15)7-4-10/h3-4,6-7,9H,2,5,8,15H2,1H3,(H,16,17). The van der Waals surface area contributed by atoms with Crippen molar-refractivity contribution in [3.05, 3.63) is 35.7 Å². The van der Waals surface area contributed by atoms with Gasteiger partial charge in [-0.2, -0.15) is 0 Å². The largest absolute Gasteiger partial charge is 0.399 e. The van der Waals surface area contributed by atoms with Gasteiger partial charge in [0.25, 0.3) is 0 Å². The Morgan fingerprint density at radius 3 is 2.82 bits per heavy atom. The van der Waals surface area contributed by atoms with Gasteiger partial charge in [-0.15, -0.1) is 0 Å². The third kappa shape index (κ3) is 1.71. The van der Waals surface area contributed by atoms with E-state index in [1.54, 1.807) is 0 Å². The number of nitrogens with zero attached hydrogens (tertiary/aromatic N) is 1. The highest BCUT2D eigenvalue weighted by molar-refractivity contribution is 5.59. The first-order valence-corrected chi connectivity index (χ1v) is 6.22. The van der Waals surface area contributed by atoms with E-state index in [9.17, 15) is 0 Å². The van der Waals surface area contributed by atoms with E-state index in [1.165, 1.54) is 24.2 Å². The fraction of sp³-hybridized carbons (Fsp3) is 0.357. The van der Waals surface area contributed by atoms with Gasteiger partial charge in [0.15, 0.2) is 0 Å². The van der Waals surface area contributed by atoms with Gasteiger partial charge in [0.2, 0.25) is 0 Å². The van der Waals surface area contributed by atoms with Crippen molar-refractivity contribution in [1.29, 1.82) is 0 Å². The fourth-order valence-corrected chi connectivity index (χ4v) is 2.58. The van der Waals surface area contributed by atoms with Gasteiger partial charge in [-0.1, -0.05) is 6.92 Å². The number of H-pyrrole nitrogens is 1. The molecular weight excluding hydrogens is 210 g/mol. The summed E-state index contributed by atoms with van der Waals surface area (Å²) in [6, 6.07) is 7.87. The first kappa shape index (κ1) is 10.4. The second-order valence-electron chi connectivity index (χ2n) is 4.72. The van der Waals surface area contributed by atoms with Crippen molar-refractivity contribution in [2.24, 2.45) is 0 Å². The van der Waals surface area contributed by atoms with Gasteiger partial charge in [-0.3, -0.25) is 0 Å². The first-order valence-electron chi connectivity index (χ1n) is 6.22. The molecule has 1 atom stereocenters. The van der Waals surface area contributed by atoms with Crippen molar-refractivity contribution in [3.63, 3.8) is 0 Å². The molecule has 1 aliphatic carbocycles. The molecular formula is C14H17N3. The van der Waals surface area contributed by atoms with Crippen LogP contribution in [0.2, 0.25) is 0 Å². The molecule has 0 aliphatic heterocycles. The SMILES string of the molecule is CCC1CCc2[nH]c(-c3ccc(N)cc3)nc21. The Balaban J connectivity index is 1.98. The molecule has 17 heavy (non-hydrogen) atoms. The number of aromatic nitrogens is 2. The zero-order chi connectivity index (χ0) is 11.8. The molecule has 1 unspecified atom stereocenters. The number of nitrogens with two attached hydrogens (primary N) is 1. The average molecular weight is 227 g/mol. The number of aromatic amines is 1. The summed E-state index contributed by atoms with van der Waals surface area (Å²) in [5, 5.41) is 0. The fourth-order valence-electron chi connectivity index (χ4n) is 2.58. The number of imidazole rings is 1. The summed E-state index contributed by atoms with van der Waals surface area (Å²) >= 11 is 0. The summed E-state index contributed by atoms with van der Waals surface area (Å²) in [7, 11) is 0. The van der Waals surface area contributed by atoms with Gasteiger partial charge in [-0.05, 0) is 43.5 Å². The van der Waals surface area contributed by atoms with Gasteiger partial charge < -0.3 is 10.7 Å².